The molecule has 0 spiro atoms. The van der Waals surface area contributed by atoms with Crippen molar-refractivity contribution in [2.24, 2.45) is 40.5 Å². The number of carbonyl (C=O) groups is 7. The Kier molecular flexibility index (Phi) is 40.5. The van der Waals surface area contributed by atoms with Crippen LogP contribution >= 0.6 is 0 Å². The number of aromatic amines is 1. The number of aromatic hydroxyl groups is 1. The number of nitrogen functional groups attached to an aromatic ring is 1. The van der Waals surface area contributed by atoms with Gasteiger partial charge in [-0.05, 0) is 151 Å². The van der Waals surface area contributed by atoms with Crippen LogP contribution in [0.5, 0.6) is 5.75 Å². The third kappa shape index (κ3) is 29.9. The second-order valence-corrected chi connectivity index (χ2v) is 33.2. The largest absolute Gasteiger partial charge is 0.508 e. The molecule has 0 radical (unpaired) electrons. The van der Waals surface area contributed by atoms with Gasteiger partial charge in [-0.3, -0.25) is 28.8 Å². The predicted molar refractivity (Wildman–Crippen MR) is 465 cm³/mol. The number of unbranched alkanes of at least 4 members (excludes halogenated alkanes) is 1. The number of benzene rings is 1. The van der Waals surface area contributed by atoms with Gasteiger partial charge in [-0.15, -0.1) is 5.10 Å². The fourth-order valence-electron chi connectivity index (χ4n) is 16.5. The van der Waals surface area contributed by atoms with E-state index in [9.17, 15) is 54.0 Å². The predicted octanol–water partition coefficient (Wildman–Crippen LogP) is 6.71. The van der Waals surface area contributed by atoms with Crippen LogP contribution in [0.3, 0.4) is 0 Å². The van der Waals surface area contributed by atoms with Crippen molar-refractivity contribution in [3.63, 3.8) is 0 Å². The molecule has 4 aliphatic rings. The molecule has 3 fully saturated rings. The van der Waals surface area contributed by atoms with E-state index in [-0.39, 0.29) is 111 Å². The molecule has 12 N–H and O–H groups in total. The van der Waals surface area contributed by atoms with Crippen LogP contribution in [-0.4, -0.2) is 280 Å². The molecule has 36 heteroatoms. The number of piperidine rings is 1. The molecule has 690 valence electrons. The summed E-state index contributed by atoms with van der Waals surface area (Å²) in [6, 6.07) is 4.72. The number of aliphatic hydroxyl groups excluding tert-OH is 2. The van der Waals surface area contributed by atoms with E-state index >= 15 is 0 Å². The Morgan fingerprint density at radius 3 is 2.14 bits per heavy atom. The summed E-state index contributed by atoms with van der Waals surface area (Å²) in [6.07, 6.45) is 16.4. The number of amides is 4. The molecule has 1 aliphatic carbocycles. The van der Waals surface area contributed by atoms with Gasteiger partial charge in [0.15, 0.2) is 11.4 Å². The number of rotatable bonds is 38. The van der Waals surface area contributed by atoms with Crippen molar-refractivity contribution in [2.75, 3.05) is 119 Å². The van der Waals surface area contributed by atoms with Gasteiger partial charge in [-0.1, -0.05) is 74.5 Å². The van der Waals surface area contributed by atoms with Crippen molar-refractivity contribution in [2.45, 2.75) is 231 Å². The normalized spacial score (nSPS) is 26.9. The highest BCUT2D eigenvalue weighted by atomic mass is 16.6. The van der Waals surface area contributed by atoms with Crippen molar-refractivity contribution in [1.29, 1.82) is 0 Å². The number of nitrogens with two attached hydrogens (primary N) is 2. The lowest BCUT2D eigenvalue weighted by Crippen LogP contribution is -2.61. The number of ketones is 2. The number of nitrogens with zero attached hydrogens (tertiary/aromatic N) is 9. The summed E-state index contributed by atoms with van der Waals surface area (Å²) >= 11 is 0. The van der Waals surface area contributed by atoms with Gasteiger partial charge in [0.1, 0.15) is 55.1 Å². The van der Waals surface area contributed by atoms with E-state index in [1.54, 1.807) is 70.9 Å². The lowest BCUT2D eigenvalue weighted by Gasteiger charge is -2.42. The fraction of sp³-hybridized carbons (Fsp3) is 0.652. The number of cyclic esters (lactones) is 1. The smallest absolute Gasteiger partial charge is 0.329 e. The molecule has 36 nitrogen and oxygen atoms in total. The lowest BCUT2D eigenvalue weighted by atomic mass is 9.79. The molecule has 1 aromatic carbocycles. The van der Waals surface area contributed by atoms with Gasteiger partial charge in [0.25, 0.3) is 11.7 Å². The molecule has 15 atom stereocenters. The first-order chi connectivity index (χ1) is 60.2. The van der Waals surface area contributed by atoms with Crippen LogP contribution in [0.15, 0.2) is 89.5 Å². The monoisotopic (exact) mass is 1750 g/mol. The number of fused-ring (bicyclic) bond motifs is 5. The van der Waals surface area contributed by atoms with Gasteiger partial charge in [0.05, 0.1) is 113 Å². The van der Waals surface area contributed by atoms with Crippen LogP contribution in [0.25, 0.3) is 33.3 Å². The molecule has 9 rings (SSSR count). The average molecular weight is 1750 g/mol. The number of nitrogens with one attached hydrogen (secondary N) is 4. The van der Waals surface area contributed by atoms with Crippen molar-refractivity contribution < 1.29 is 101 Å². The Bertz CT molecular complexity index is 4450. The number of oxime groups is 1. The minimum Gasteiger partial charge on any atom is -0.508 e. The van der Waals surface area contributed by atoms with Crippen LogP contribution < -0.4 is 27.4 Å². The van der Waals surface area contributed by atoms with Gasteiger partial charge in [-0.25, -0.2) is 24.1 Å². The number of ether oxygens (including phenoxy) is 9. The van der Waals surface area contributed by atoms with Gasteiger partial charge in [0.2, 0.25) is 23.5 Å². The number of hydrogen-bond acceptors (Lipinski definition) is 29. The average Bonchev–Trinajstić information content (AvgIpc) is 1.67. The van der Waals surface area contributed by atoms with Gasteiger partial charge in [-0.2, -0.15) is 5.10 Å². The molecule has 5 aromatic rings. The van der Waals surface area contributed by atoms with Crippen molar-refractivity contribution >= 4 is 74.6 Å². The molecular formula is C89H133N15O21. The molecule has 1 saturated carbocycles. The minimum atomic E-state index is -2.49. The van der Waals surface area contributed by atoms with Crippen LogP contribution in [0.4, 0.5) is 5.82 Å². The first kappa shape index (κ1) is 99.5. The first-order valence-electron chi connectivity index (χ1n) is 44.1. The second kappa shape index (κ2) is 50.9. The van der Waals surface area contributed by atoms with Crippen molar-refractivity contribution in [3.05, 3.63) is 90.1 Å². The highest BCUT2D eigenvalue weighted by Crippen LogP contribution is 2.40. The maximum Gasteiger partial charge on any atom is 0.329 e. The quantitative estimate of drug-likeness (QED) is 0.00645. The number of esters is 1. The Hall–Kier alpha value is -9.31. The fourth-order valence-corrected chi connectivity index (χ4v) is 16.5. The van der Waals surface area contributed by atoms with Crippen LogP contribution in [0.2, 0.25) is 0 Å². The van der Waals surface area contributed by atoms with Crippen LogP contribution in [0, 0.1) is 29.6 Å². The van der Waals surface area contributed by atoms with Gasteiger partial charge < -0.3 is 105 Å². The van der Waals surface area contributed by atoms with Crippen LogP contribution in [0.1, 0.15) is 169 Å². The summed E-state index contributed by atoms with van der Waals surface area (Å²) in [5.41, 5.74) is 18.5. The molecule has 3 aliphatic heterocycles. The Labute approximate surface area is 731 Å². The second-order valence-electron chi connectivity index (χ2n) is 33.2. The number of aliphatic hydroxyl groups is 3. The Morgan fingerprint density at radius 1 is 0.752 bits per heavy atom. The third-order valence-corrected chi connectivity index (χ3v) is 23.7. The molecule has 4 aromatic heterocycles. The first-order valence-corrected chi connectivity index (χ1v) is 44.1. The maximum atomic E-state index is 14.9. The zero-order chi connectivity index (χ0) is 90.0. The Balaban J connectivity index is 0.634. The zero-order valence-electron chi connectivity index (χ0n) is 74.0. The number of allylic oxidation sites excluding steroid dienone is 6. The lowest BCUT2D eigenvalue weighted by molar-refractivity contribution is -0.265. The molecule has 2 bridgehead atoms. The molecule has 125 heavy (non-hydrogen) atoms. The highest BCUT2D eigenvalue weighted by Gasteiger charge is 2.53. The summed E-state index contributed by atoms with van der Waals surface area (Å²) < 4.78 is 56.2. The van der Waals surface area contributed by atoms with Crippen molar-refractivity contribution in [1.82, 2.24) is 60.6 Å². The molecule has 4 amide bonds. The highest BCUT2D eigenvalue weighted by molar-refractivity contribution is 6.39. The number of phenolic OH excluding ortho intramolecular Hbond substituents is 1. The third-order valence-electron chi connectivity index (χ3n) is 23.7. The minimum absolute atomic E-state index is 0.0330. The molecule has 0 unspecified atom stereocenters. The number of anilines is 1. The van der Waals surface area contributed by atoms with Crippen LogP contribution in [-0.2, 0) is 94.0 Å². The molecule has 7 heterocycles. The standard InChI is InChI=1S/C89H133N15O21/c1-56-18-11-10-12-19-57(2)73(116-7)52-66-26-23-61(6)89(115,125-66)84(112)87(113)102-34-15-13-21-72(102)88(114)124-74(53-69(100-118-9)58(3)47-60(5)82(110)83(111)81(109)59(4)46-56)67(90)48-62-24-28-71(75(49-62)117-8)104-54-64(98-101-104)20-17-22-76(106)93-32-38-122-43-45-123-44-41-120-37-30-78(108)94-33-39-121-42-40-119-36-29-77(107)92-31-14-16-35-103-86-79(85(91)95-55-96-86)80(99-103)70-51-63-50-65(105)25-27-68(63)97-70/h10-12,18-19,25,27,47,50-51,54-56,58-59,61-62,66-67,71-75,82-83,97,105,110-111,115H,13-17,20-24,26,28-46,48-49,52-53,90H2,1-9H3,(H,92,107)(H,93,106)(H,94,108)(H2,91,95,96)/b12-10+,18-11+,57-19+,60-47+,100-69-/t56-,58-,59-,61-,62+,66+,67-,71+,72+,73+,74+,75-,82-,83+,89-/m1/s1. The zero-order valence-corrected chi connectivity index (χ0v) is 74.0. The summed E-state index contributed by atoms with van der Waals surface area (Å²) in [5.74, 6) is -8.11. The van der Waals surface area contributed by atoms with E-state index in [0.717, 1.165) is 28.6 Å². The van der Waals surface area contributed by atoms with E-state index in [0.29, 0.717) is 190 Å². The van der Waals surface area contributed by atoms with Gasteiger partial charge >= 0.3 is 5.97 Å². The van der Waals surface area contributed by atoms with E-state index in [1.807, 2.05) is 61.2 Å². The Morgan fingerprint density at radius 2 is 1.44 bits per heavy atom. The van der Waals surface area contributed by atoms with E-state index in [4.69, 9.17) is 64.0 Å². The number of aromatic nitrogens is 8. The van der Waals surface area contributed by atoms with E-state index < -0.39 is 89.6 Å². The van der Waals surface area contributed by atoms with Crippen molar-refractivity contribution in [3.8, 4) is 17.1 Å². The number of Topliss-reactive ketones (excluding diaryl/α,β-unsaturated/α-hetero) is 2. The number of hydrogen-bond donors (Lipinski definition) is 10. The number of H-pyrrole nitrogens is 1. The van der Waals surface area contributed by atoms with Gasteiger partial charge in [0, 0.05) is 120 Å². The maximum absolute atomic E-state index is 14.9. The number of carbonyl (C=O) groups excluding carboxylic acids is 7. The summed E-state index contributed by atoms with van der Waals surface area (Å²) in [7, 11) is 4.56. The molecular weight excluding hydrogens is 1620 g/mol. The molecule has 2 saturated heterocycles. The topological polar surface area (TPSA) is 487 Å². The van der Waals surface area contributed by atoms with E-state index in [2.05, 4.69) is 46.4 Å². The summed E-state index contributed by atoms with van der Waals surface area (Å²) in [6.45, 7) is 15.2. The number of phenols is 1. The summed E-state index contributed by atoms with van der Waals surface area (Å²) in [5, 5.41) is 73.2. The number of aryl methyl sites for hydroxylation is 2. The number of methoxy groups -OCH3 is 2. The van der Waals surface area contributed by atoms with E-state index in [1.165, 1.54) is 18.3 Å². The summed E-state index contributed by atoms with van der Waals surface area (Å²) in [4.78, 5) is 114. The SMILES string of the molecule is CO/N=C1/C[C@@H]([C@H](N)C[C@@H]2CC[C@H](n3cc(CCCC(=O)NCCOCCOCCOCCC(=O)NCCOCCOCCC(=O)NCCCCn4nc(-c5cc6cc(O)ccc6[nH]5)c5c(N)ncnc54)nn3)[C@H](OC)C2)OC(=O)[C@@H]2CCCCN2C(=O)C(=O)[C@]2(O)O[C@@H](CC[C@H]2C)C[C@H](OC)/C(C)=C/C=C/C=C/[C@@H](C)C[C@@H](C)C(=O)[C@H](O)[C@H](O)/C(C)=C/[C@H]1C.